The van der Waals surface area contributed by atoms with Crippen LogP contribution in [0.1, 0.15) is 25.0 Å². The van der Waals surface area contributed by atoms with Crippen LogP contribution in [0.2, 0.25) is 0 Å². The molecule has 0 aliphatic carbocycles. The van der Waals surface area contributed by atoms with Crippen molar-refractivity contribution in [2.24, 2.45) is 5.73 Å². The molecule has 0 aromatic heterocycles. The summed E-state index contributed by atoms with van der Waals surface area (Å²) in [6, 6.07) is 16.1. The van der Waals surface area contributed by atoms with Gasteiger partial charge < -0.3 is 10.5 Å². The molecule has 0 saturated carbocycles. The normalized spacial score (nSPS) is 13.9. The Morgan fingerprint density at radius 2 is 1.79 bits per heavy atom. The van der Waals surface area contributed by atoms with Gasteiger partial charge in [0.2, 0.25) is 0 Å². The van der Waals surface area contributed by atoms with Crippen molar-refractivity contribution in [2.75, 3.05) is 6.61 Å². The van der Waals surface area contributed by atoms with Crippen LogP contribution in [0.15, 0.2) is 53.0 Å². The second kappa shape index (κ2) is 5.76. The first kappa shape index (κ1) is 14.1. The molecule has 0 saturated heterocycles. The second-order valence-corrected chi connectivity index (χ2v) is 5.59. The third-order valence-electron chi connectivity index (χ3n) is 3.19. The summed E-state index contributed by atoms with van der Waals surface area (Å²) in [6.07, 6.45) is 0. The summed E-state index contributed by atoms with van der Waals surface area (Å²) in [6.45, 7) is 4.66. The molecule has 0 heterocycles. The van der Waals surface area contributed by atoms with Gasteiger partial charge in [0.05, 0.1) is 12.1 Å². The summed E-state index contributed by atoms with van der Waals surface area (Å²) >= 11 is 3.48. The molecular formula is C16H18BrNO. The average Bonchev–Trinajstić information content (AvgIpc) is 2.40. The van der Waals surface area contributed by atoms with Crippen molar-refractivity contribution in [3.63, 3.8) is 0 Å². The Morgan fingerprint density at radius 3 is 2.37 bits per heavy atom. The van der Waals surface area contributed by atoms with Gasteiger partial charge in [0.15, 0.2) is 0 Å². The number of ether oxygens (including phenoxy) is 1. The molecule has 2 nitrogen and oxygen atoms in total. The van der Waals surface area contributed by atoms with E-state index in [1.54, 1.807) is 0 Å². The fraction of sp³-hybridized carbons (Fsp3) is 0.250. The lowest BCUT2D eigenvalue weighted by atomic mass is 9.86. The van der Waals surface area contributed by atoms with Crippen molar-refractivity contribution >= 4 is 15.9 Å². The molecule has 0 radical (unpaired) electrons. The topological polar surface area (TPSA) is 35.2 Å². The van der Waals surface area contributed by atoms with Crippen LogP contribution in [0.4, 0.5) is 0 Å². The first-order valence-electron chi connectivity index (χ1n) is 6.32. The molecule has 2 N–H and O–H groups in total. The van der Waals surface area contributed by atoms with Gasteiger partial charge in [0.1, 0.15) is 5.75 Å². The van der Waals surface area contributed by atoms with Crippen LogP contribution in [0.5, 0.6) is 5.75 Å². The van der Waals surface area contributed by atoms with E-state index >= 15 is 0 Å². The minimum Gasteiger partial charge on any atom is -0.494 e. The summed E-state index contributed by atoms with van der Waals surface area (Å²) in [5.74, 6) is 0.872. The van der Waals surface area contributed by atoms with Crippen molar-refractivity contribution in [2.45, 2.75) is 19.4 Å². The van der Waals surface area contributed by atoms with Crippen molar-refractivity contribution in [1.82, 2.24) is 0 Å². The van der Waals surface area contributed by atoms with E-state index in [-0.39, 0.29) is 0 Å². The highest BCUT2D eigenvalue weighted by atomic mass is 79.9. The number of hydrogen-bond acceptors (Lipinski definition) is 2. The van der Waals surface area contributed by atoms with Gasteiger partial charge >= 0.3 is 0 Å². The lowest BCUT2D eigenvalue weighted by Gasteiger charge is -2.26. The van der Waals surface area contributed by atoms with Crippen molar-refractivity contribution in [3.05, 3.63) is 64.1 Å². The predicted octanol–water partition coefficient (Wildman–Crippen LogP) is 4.07. The SMILES string of the molecule is CCOc1ccc(C(C)(N)c2cccc(Br)c2)cc1. The van der Waals surface area contributed by atoms with Crippen molar-refractivity contribution < 1.29 is 4.74 Å². The number of benzene rings is 2. The van der Waals surface area contributed by atoms with E-state index < -0.39 is 5.54 Å². The maximum atomic E-state index is 6.49. The molecule has 0 fully saturated rings. The molecule has 2 aromatic carbocycles. The van der Waals surface area contributed by atoms with E-state index in [1.807, 2.05) is 56.3 Å². The standard InChI is InChI=1S/C16H18BrNO/c1-3-19-15-9-7-12(8-10-15)16(2,18)13-5-4-6-14(17)11-13/h4-11H,3,18H2,1-2H3. The zero-order valence-corrected chi connectivity index (χ0v) is 12.8. The molecule has 2 aromatic rings. The fourth-order valence-electron chi connectivity index (χ4n) is 2.04. The molecule has 1 atom stereocenters. The number of hydrogen-bond donors (Lipinski definition) is 1. The lowest BCUT2D eigenvalue weighted by Crippen LogP contribution is -2.34. The fourth-order valence-corrected chi connectivity index (χ4v) is 2.44. The number of halogens is 1. The molecule has 3 heteroatoms. The molecule has 1 unspecified atom stereocenters. The van der Waals surface area contributed by atoms with Crippen LogP contribution >= 0.6 is 15.9 Å². The molecule has 2 rings (SSSR count). The zero-order chi connectivity index (χ0) is 13.9. The van der Waals surface area contributed by atoms with E-state index in [2.05, 4.69) is 22.0 Å². The van der Waals surface area contributed by atoms with E-state index in [1.165, 1.54) is 0 Å². The van der Waals surface area contributed by atoms with Gasteiger partial charge in [-0.3, -0.25) is 0 Å². The van der Waals surface area contributed by atoms with Crippen LogP contribution < -0.4 is 10.5 Å². The maximum Gasteiger partial charge on any atom is 0.119 e. The van der Waals surface area contributed by atoms with Crippen LogP contribution in [0, 0.1) is 0 Å². The van der Waals surface area contributed by atoms with Gasteiger partial charge in [-0.15, -0.1) is 0 Å². The molecule has 19 heavy (non-hydrogen) atoms. The van der Waals surface area contributed by atoms with Crippen LogP contribution in [0.25, 0.3) is 0 Å². The van der Waals surface area contributed by atoms with Gasteiger partial charge in [-0.1, -0.05) is 40.2 Å². The summed E-state index contributed by atoms with van der Waals surface area (Å²) < 4.78 is 6.48. The minimum atomic E-state index is -0.519. The van der Waals surface area contributed by atoms with Crippen LogP contribution in [-0.2, 0) is 5.54 Å². The lowest BCUT2D eigenvalue weighted by molar-refractivity contribution is 0.340. The predicted molar refractivity (Wildman–Crippen MR) is 82.4 cm³/mol. The Kier molecular flexibility index (Phi) is 4.27. The third-order valence-corrected chi connectivity index (χ3v) is 3.68. The van der Waals surface area contributed by atoms with Gasteiger partial charge in [-0.25, -0.2) is 0 Å². The summed E-state index contributed by atoms with van der Waals surface area (Å²) in [7, 11) is 0. The van der Waals surface area contributed by atoms with Gasteiger partial charge in [-0.05, 0) is 49.2 Å². The molecule has 0 amide bonds. The summed E-state index contributed by atoms with van der Waals surface area (Å²) in [5, 5.41) is 0. The van der Waals surface area contributed by atoms with Crippen LogP contribution in [-0.4, -0.2) is 6.61 Å². The zero-order valence-electron chi connectivity index (χ0n) is 11.2. The van der Waals surface area contributed by atoms with Crippen molar-refractivity contribution in [3.8, 4) is 5.75 Å². The van der Waals surface area contributed by atoms with E-state index in [0.29, 0.717) is 6.61 Å². The third kappa shape index (κ3) is 3.17. The maximum absolute atomic E-state index is 6.49. The first-order chi connectivity index (χ1) is 9.04. The molecule has 100 valence electrons. The van der Waals surface area contributed by atoms with E-state index in [9.17, 15) is 0 Å². The van der Waals surface area contributed by atoms with Crippen molar-refractivity contribution in [1.29, 1.82) is 0 Å². The highest BCUT2D eigenvalue weighted by molar-refractivity contribution is 9.10. The highest BCUT2D eigenvalue weighted by Crippen LogP contribution is 2.29. The molecular weight excluding hydrogens is 302 g/mol. The Hall–Kier alpha value is -1.32. The monoisotopic (exact) mass is 319 g/mol. The molecule has 0 bridgehead atoms. The first-order valence-corrected chi connectivity index (χ1v) is 7.11. The second-order valence-electron chi connectivity index (χ2n) is 4.67. The number of rotatable bonds is 4. The Labute approximate surface area is 122 Å². The van der Waals surface area contributed by atoms with Gasteiger partial charge in [0, 0.05) is 4.47 Å². The Morgan fingerprint density at radius 1 is 1.11 bits per heavy atom. The summed E-state index contributed by atoms with van der Waals surface area (Å²) in [5.41, 5.74) is 8.11. The largest absolute Gasteiger partial charge is 0.494 e. The quantitative estimate of drug-likeness (QED) is 0.922. The smallest absolute Gasteiger partial charge is 0.119 e. The number of nitrogens with two attached hydrogens (primary N) is 1. The van der Waals surface area contributed by atoms with E-state index in [0.717, 1.165) is 21.3 Å². The molecule has 0 spiro atoms. The average molecular weight is 320 g/mol. The Balaban J connectivity index is 2.33. The van der Waals surface area contributed by atoms with Crippen LogP contribution in [0.3, 0.4) is 0 Å². The minimum absolute atomic E-state index is 0.519. The molecule has 0 aliphatic rings. The van der Waals surface area contributed by atoms with Gasteiger partial charge in [0.25, 0.3) is 0 Å². The molecule has 0 aliphatic heterocycles. The highest BCUT2D eigenvalue weighted by Gasteiger charge is 2.23. The van der Waals surface area contributed by atoms with Gasteiger partial charge in [-0.2, -0.15) is 0 Å². The summed E-state index contributed by atoms with van der Waals surface area (Å²) in [4.78, 5) is 0. The Bertz CT molecular complexity index is 549. The van der Waals surface area contributed by atoms with E-state index in [4.69, 9.17) is 10.5 Å².